The largest absolute Gasteiger partial charge is 0.356 e. The van der Waals surface area contributed by atoms with Crippen molar-refractivity contribution in [1.29, 1.82) is 5.41 Å². The number of nitrogens with zero attached hydrogens (tertiary/aromatic N) is 1. The number of carbonyl (C=O) groups excluding carboxylic acids is 1. The van der Waals surface area contributed by atoms with E-state index in [1.54, 1.807) is 13.8 Å². The first-order valence-electron chi connectivity index (χ1n) is 12.1. The smallest absolute Gasteiger partial charge is 0.220 e. The second-order valence-electron chi connectivity index (χ2n) is 9.96. The number of hydrogen-bond acceptors (Lipinski definition) is 3. The first kappa shape index (κ1) is 28.1. The van der Waals surface area contributed by atoms with Crippen molar-refractivity contribution >= 4 is 11.6 Å². The second kappa shape index (κ2) is 13.5. The Kier molecular flexibility index (Phi) is 11.9. The predicted molar refractivity (Wildman–Crippen MR) is 132 cm³/mol. The first-order valence-corrected chi connectivity index (χ1v) is 12.1. The molecule has 6 heteroatoms. The van der Waals surface area contributed by atoms with E-state index >= 15 is 0 Å². The fourth-order valence-electron chi connectivity index (χ4n) is 4.16. The fourth-order valence-corrected chi connectivity index (χ4v) is 4.16. The molecule has 4 unspecified atom stereocenters. The van der Waals surface area contributed by atoms with E-state index in [1.165, 1.54) is 5.57 Å². The molecule has 1 saturated carbocycles. The van der Waals surface area contributed by atoms with Gasteiger partial charge in [0.1, 0.15) is 11.5 Å². The molecule has 2 aliphatic rings. The van der Waals surface area contributed by atoms with Gasteiger partial charge in [0.15, 0.2) is 0 Å². The molecular weight excluding hydrogens is 403 g/mol. The Morgan fingerprint density at radius 3 is 2.50 bits per heavy atom. The number of aryl methyl sites for hydroxylation is 1. The van der Waals surface area contributed by atoms with Crippen LogP contribution in [0.2, 0.25) is 0 Å². The summed E-state index contributed by atoms with van der Waals surface area (Å²) in [7, 11) is 0. The molecule has 0 spiro atoms. The van der Waals surface area contributed by atoms with Crippen molar-refractivity contribution in [2.75, 3.05) is 6.54 Å². The molecule has 1 aromatic heterocycles. The Bertz CT molecular complexity index is 743. The number of allylic oxidation sites excluding steroid dienone is 2. The summed E-state index contributed by atoms with van der Waals surface area (Å²) in [6.07, 6.45) is 10.2. The van der Waals surface area contributed by atoms with E-state index in [4.69, 9.17) is 5.41 Å². The van der Waals surface area contributed by atoms with Crippen molar-refractivity contribution in [1.82, 2.24) is 15.3 Å². The summed E-state index contributed by atoms with van der Waals surface area (Å²) in [5, 5.41) is 9.84. The zero-order valence-corrected chi connectivity index (χ0v) is 21.3. The summed E-state index contributed by atoms with van der Waals surface area (Å²) < 4.78 is 14.0. The molecule has 1 aliphatic carbocycles. The van der Waals surface area contributed by atoms with E-state index < -0.39 is 5.67 Å². The van der Waals surface area contributed by atoms with Crippen LogP contribution in [-0.2, 0) is 4.79 Å². The Balaban J connectivity index is 0.000000270. The third-order valence-electron chi connectivity index (χ3n) is 6.41. The highest BCUT2D eigenvalue weighted by Crippen LogP contribution is 2.41. The first-order chi connectivity index (χ1) is 14.9. The molecule has 1 aromatic rings. The number of nitrogens with one attached hydrogen (secondary N) is 3. The van der Waals surface area contributed by atoms with Crippen molar-refractivity contribution < 1.29 is 9.18 Å². The summed E-state index contributed by atoms with van der Waals surface area (Å²) >= 11 is 0. The van der Waals surface area contributed by atoms with E-state index in [-0.39, 0.29) is 5.91 Å². The molecular formula is C26H45FN4O. The minimum Gasteiger partial charge on any atom is -0.356 e. The fraction of sp³-hybridized carbons (Fsp3) is 0.731. The van der Waals surface area contributed by atoms with E-state index in [1.807, 2.05) is 26.1 Å². The Hall–Kier alpha value is -1.98. The third-order valence-corrected chi connectivity index (χ3v) is 6.41. The number of piperidine rings is 1. The molecule has 3 rings (SSSR count). The van der Waals surface area contributed by atoms with Gasteiger partial charge in [-0.3, -0.25) is 4.79 Å². The lowest BCUT2D eigenvalue weighted by Crippen LogP contribution is -2.33. The van der Waals surface area contributed by atoms with E-state index in [0.717, 1.165) is 56.6 Å². The van der Waals surface area contributed by atoms with Gasteiger partial charge in [0.25, 0.3) is 0 Å². The summed E-state index contributed by atoms with van der Waals surface area (Å²) in [4.78, 5) is 18.0. The van der Waals surface area contributed by atoms with Crippen LogP contribution in [0.5, 0.6) is 0 Å². The average molecular weight is 449 g/mol. The maximum atomic E-state index is 14.0. The molecule has 3 N–H and O–H groups in total. The minimum absolute atomic E-state index is 0.211. The van der Waals surface area contributed by atoms with Crippen LogP contribution in [0, 0.1) is 24.2 Å². The number of rotatable bonds is 4. The zero-order chi connectivity index (χ0) is 24.3. The van der Waals surface area contributed by atoms with Crippen molar-refractivity contribution in [2.24, 2.45) is 11.8 Å². The van der Waals surface area contributed by atoms with Gasteiger partial charge in [0.2, 0.25) is 5.91 Å². The molecule has 1 saturated heterocycles. The Morgan fingerprint density at radius 2 is 2.09 bits per heavy atom. The van der Waals surface area contributed by atoms with Crippen molar-refractivity contribution in [3.8, 4) is 0 Å². The van der Waals surface area contributed by atoms with Gasteiger partial charge in [0, 0.05) is 36.5 Å². The number of hydrogen-bond donors (Lipinski definition) is 3. The number of carbonyl (C=O) groups is 1. The summed E-state index contributed by atoms with van der Waals surface area (Å²) in [5.41, 5.74) is 2.11. The summed E-state index contributed by atoms with van der Waals surface area (Å²) in [6, 6.07) is 0. The van der Waals surface area contributed by atoms with E-state index in [0.29, 0.717) is 29.9 Å². The van der Waals surface area contributed by atoms with Gasteiger partial charge >= 0.3 is 0 Å². The highest BCUT2D eigenvalue weighted by atomic mass is 19.1. The molecule has 1 aliphatic heterocycles. The number of imidazole rings is 1. The van der Waals surface area contributed by atoms with Crippen LogP contribution in [0.3, 0.4) is 0 Å². The number of alkyl halides is 1. The molecule has 5 nitrogen and oxygen atoms in total. The molecule has 32 heavy (non-hydrogen) atoms. The number of aromatic nitrogens is 2. The topological polar surface area (TPSA) is 81.6 Å². The van der Waals surface area contributed by atoms with Gasteiger partial charge < -0.3 is 15.7 Å². The standard InChI is InChI=1S/C13H21FN2.C7H13N.C6H11NO/c1-9(12-8-15-10(2)16-12)11-5-4-6-13(3,14)7-11;1-4-6(2)5-7(3)8;1-5-2-3-6(8)7-4-5/h8-9,11H,4-7H2,1-3H3,(H,15,16);5,8H,4H2,1-3H3;5H,2-4H2,1H3,(H,7,8). The van der Waals surface area contributed by atoms with Crippen LogP contribution in [0.1, 0.15) is 104 Å². The monoisotopic (exact) mass is 448 g/mol. The maximum Gasteiger partial charge on any atom is 0.220 e. The molecule has 0 radical (unpaired) electrons. The van der Waals surface area contributed by atoms with Gasteiger partial charge in [-0.25, -0.2) is 9.37 Å². The number of aromatic amines is 1. The van der Waals surface area contributed by atoms with Crippen LogP contribution in [0.4, 0.5) is 4.39 Å². The molecule has 0 bridgehead atoms. The Labute approximate surface area is 194 Å². The van der Waals surface area contributed by atoms with Crippen LogP contribution in [0.15, 0.2) is 17.8 Å². The lowest BCUT2D eigenvalue weighted by molar-refractivity contribution is -0.122. The van der Waals surface area contributed by atoms with Crippen LogP contribution >= 0.6 is 0 Å². The molecule has 182 valence electrons. The lowest BCUT2D eigenvalue weighted by atomic mass is 9.74. The van der Waals surface area contributed by atoms with Gasteiger partial charge in [0.05, 0.1) is 0 Å². The summed E-state index contributed by atoms with van der Waals surface area (Å²) in [5.74, 6) is 2.68. The number of amides is 1. The van der Waals surface area contributed by atoms with Crippen LogP contribution < -0.4 is 5.32 Å². The molecule has 4 atom stereocenters. The Morgan fingerprint density at radius 1 is 1.41 bits per heavy atom. The van der Waals surface area contributed by atoms with Crippen LogP contribution in [0.25, 0.3) is 0 Å². The van der Waals surface area contributed by atoms with Gasteiger partial charge in [-0.05, 0) is 84.1 Å². The molecule has 1 amide bonds. The van der Waals surface area contributed by atoms with Gasteiger partial charge in [-0.1, -0.05) is 26.3 Å². The van der Waals surface area contributed by atoms with Crippen molar-refractivity contribution in [2.45, 2.75) is 105 Å². The normalized spacial score (nSPS) is 26.6. The SMILES string of the molecule is CC1CCC(=O)NC1.CCC(C)=CC(C)=N.Cc1ncc(C(C)C2CCCC(C)(F)C2)[nH]1. The minimum atomic E-state index is -0.966. The molecule has 2 fully saturated rings. The van der Waals surface area contributed by atoms with Gasteiger partial charge in [-0.2, -0.15) is 0 Å². The maximum absolute atomic E-state index is 14.0. The zero-order valence-electron chi connectivity index (χ0n) is 21.3. The molecule has 0 aromatic carbocycles. The van der Waals surface area contributed by atoms with E-state index in [9.17, 15) is 9.18 Å². The van der Waals surface area contributed by atoms with Crippen molar-refractivity contribution in [3.05, 3.63) is 29.4 Å². The number of H-pyrrole nitrogens is 1. The van der Waals surface area contributed by atoms with E-state index in [2.05, 4.69) is 36.1 Å². The average Bonchev–Trinajstić information content (AvgIpc) is 3.15. The predicted octanol–water partition coefficient (Wildman–Crippen LogP) is 6.65. The van der Waals surface area contributed by atoms with Crippen LogP contribution in [-0.4, -0.2) is 33.8 Å². The molecule has 2 heterocycles. The lowest BCUT2D eigenvalue weighted by Gasteiger charge is -2.34. The second-order valence-corrected chi connectivity index (χ2v) is 9.96. The highest BCUT2D eigenvalue weighted by Gasteiger charge is 2.35. The quantitative estimate of drug-likeness (QED) is 0.450. The highest BCUT2D eigenvalue weighted by molar-refractivity contribution is 5.90. The van der Waals surface area contributed by atoms with Gasteiger partial charge in [-0.15, -0.1) is 0 Å². The van der Waals surface area contributed by atoms with Crippen molar-refractivity contribution in [3.63, 3.8) is 0 Å². The third kappa shape index (κ3) is 11.1. The number of halogens is 1. The summed E-state index contributed by atoms with van der Waals surface area (Å²) in [6.45, 7) is 14.8.